The van der Waals surface area contributed by atoms with Crippen molar-refractivity contribution < 1.29 is 0 Å². The number of aryl methyl sites for hydroxylation is 1. The van der Waals surface area contributed by atoms with E-state index in [9.17, 15) is 0 Å². The highest BCUT2D eigenvalue weighted by molar-refractivity contribution is 7.98. The smallest absolute Gasteiger partial charge is 0.0672 e. The highest BCUT2D eigenvalue weighted by Crippen LogP contribution is 2.28. The van der Waals surface area contributed by atoms with E-state index >= 15 is 0 Å². The van der Waals surface area contributed by atoms with E-state index in [1.165, 1.54) is 16.6 Å². The predicted octanol–water partition coefficient (Wildman–Crippen LogP) is 4.57. The van der Waals surface area contributed by atoms with Gasteiger partial charge in [-0.05, 0) is 24.8 Å². The fourth-order valence-corrected chi connectivity index (χ4v) is 2.96. The maximum absolute atomic E-state index is 6.26. The van der Waals surface area contributed by atoms with Crippen LogP contribution >= 0.6 is 23.4 Å². The molecule has 2 aromatic rings. The minimum Gasteiger partial charge on any atom is -0.343 e. The van der Waals surface area contributed by atoms with E-state index < -0.39 is 0 Å². The number of aromatic nitrogens is 1. The molecule has 0 radical (unpaired) electrons. The molecule has 0 unspecified atom stereocenters. The van der Waals surface area contributed by atoms with Gasteiger partial charge in [0.1, 0.15) is 0 Å². The molecule has 0 aliphatic heterocycles. The molecule has 2 rings (SSSR count). The summed E-state index contributed by atoms with van der Waals surface area (Å²) in [6.07, 6.45) is 0. The Morgan fingerprint density at radius 1 is 1.31 bits per heavy atom. The lowest BCUT2D eigenvalue weighted by Crippen LogP contribution is -1.99. The van der Waals surface area contributed by atoms with Gasteiger partial charge < -0.3 is 4.57 Å². The first-order valence-electron chi connectivity index (χ1n) is 5.62. The molecule has 1 nitrogen and oxygen atoms in total. The SMILES string of the molecule is CCSCc1cc2cccc(Cl)c2n1CC. The lowest BCUT2D eigenvalue weighted by atomic mass is 10.2. The number of para-hydroxylation sites is 1. The summed E-state index contributed by atoms with van der Waals surface area (Å²) in [6, 6.07) is 8.37. The summed E-state index contributed by atoms with van der Waals surface area (Å²) in [5, 5.41) is 2.10. The van der Waals surface area contributed by atoms with E-state index in [2.05, 4.69) is 30.5 Å². The van der Waals surface area contributed by atoms with Crippen molar-refractivity contribution in [2.24, 2.45) is 0 Å². The third-order valence-corrected chi connectivity index (χ3v) is 3.94. The lowest BCUT2D eigenvalue weighted by Gasteiger charge is -2.07. The average molecular weight is 254 g/mol. The van der Waals surface area contributed by atoms with Crippen molar-refractivity contribution >= 4 is 34.3 Å². The molecule has 86 valence electrons. The Bertz CT molecular complexity index is 490. The fraction of sp³-hybridized carbons (Fsp3) is 0.385. The van der Waals surface area contributed by atoms with Crippen LogP contribution in [0.4, 0.5) is 0 Å². The van der Waals surface area contributed by atoms with Crippen LogP contribution < -0.4 is 0 Å². The Morgan fingerprint density at radius 3 is 2.81 bits per heavy atom. The second kappa shape index (κ2) is 5.15. The molecule has 0 N–H and O–H groups in total. The normalized spacial score (nSPS) is 11.2. The van der Waals surface area contributed by atoms with Crippen LogP contribution in [0.15, 0.2) is 24.3 Å². The molecule has 0 saturated heterocycles. The molecule has 0 amide bonds. The molecular formula is C13H16ClNS. The summed E-state index contributed by atoms with van der Waals surface area (Å²) in [7, 11) is 0. The average Bonchev–Trinajstić information content (AvgIpc) is 2.65. The van der Waals surface area contributed by atoms with E-state index in [1.54, 1.807) is 0 Å². The van der Waals surface area contributed by atoms with Crippen LogP contribution in [-0.4, -0.2) is 10.3 Å². The third kappa shape index (κ3) is 2.09. The monoisotopic (exact) mass is 253 g/mol. The molecule has 0 aliphatic carbocycles. The van der Waals surface area contributed by atoms with Gasteiger partial charge in [0, 0.05) is 23.4 Å². The van der Waals surface area contributed by atoms with Crippen molar-refractivity contribution in [2.75, 3.05) is 5.75 Å². The lowest BCUT2D eigenvalue weighted by molar-refractivity contribution is 0.765. The van der Waals surface area contributed by atoms with Gasteiger partial charge in [-0.2, -0.15) is 11.8 Å². The highest BCUT2D eigenvalue weighted by Gasteiger charge is 2.09. The summed E-state index contributed by atoms with van der Waals surface area (Å²) in [5.41, 5.74) is 2.55. The zero-order valence-corrected chi connectivity index (χ0v) is 11.2. The summed E-state index contributed by atoms with van der Waals surface area (Å²) in [4.78, 5) is 0. The van der Waals surface area contributed by atoms with Crippen molar-refractivity contribution in [3.8, 4) is 0 Å². The van der Waals surface area contributed by atoms with E-state index in [-0.39, 0.29) is 0 Å². The fourth-order valence-electron chi connectivity index (χ4n) is 2.02. The quantitative estimate of drug-likeness (QED) is 0.773. The van der Waals surface area contributed by atoms with Gasteiger partial charge in [0.15, 0.2) is 0 Å². The number of nitrogens with zero attached hydrogens (tertiary/aromatic N) is 1. The van der Waals surface area contributed by atoms with Gasteiger partial charge in [-0.1, -0.05) is 30.7 Å². The van der Waals surface area contributed by atoms with E-state index in [0.717, 1.165) is 23.1 Å². The van der Waals surface area contributed by atoms with Gasteiger partial charge in [0.05, 0.1) is 10.5 Å². The van der Waals surface area contributed by atoms with Gasteiger partial charge in [0.25, 0.3) is 0 Å². The summed E-state index contributed by atoms with van der Waals surface area (Å²) in [6.45, 7) is 5.34. The summed E-state index contributed by atoms with van der Waals surface area (Å²) >= 11 is 8.21. The van der Waals surface area contributed by atoms with Crippen LogP contribution in [0.2, 0.25) is 5.02 Å². The Kier molecular flexibility index (Phi) is 3.82. The minimum absolute atomic E-state index is 0.854. The zero-order chi connectivity index (χ0) is 11.5. The number of benzene rings is 1. The minimum atomic E-state index is 0.854. The van der Waals surface area contributed by atoms with Gasteiger partial charge in [-0.25, -0.2) is 0 Å². The zero-order valence-electron chi connectivity index (χ0n) is 9.66. The van der Waals surface area contributed by atoms with Crippen molar-refractivity contribution in [2.45, 2.75) is 26.1 Å². The maximum Gasteiger partial charge on any atom is 0.0672 e. The Balaban J connectivity index is 2.53. The third-order valence-electron chi connectivity index (χ3n) is 2.73. The maximum atomic E-state index is 6.26. The first kappa shape index (κ1) is 11.9. The van der Waals surface area contributed by atoms with E-state index in [1.807, 2.05) is 23.9 Å². The molecule has 0 fully saturated rings. The van der Waals surface area contributed by atoms with Crippen molar-refractivity contribution in [1.29, 1.82) is 0 Å². The molecule has 3 heteroatoms. The van der Waals surface area contributed by atoms with Crippen LogP contribution in [-0.2, 0) is 12.3 Å². The Hall–Kier alpha value is -0.600. The van der Waals surface area contributed by atoms with Gasteiger partial charge >= 0.3 is 0 Å². The van der Waals surface area contributed by atoms with Crippen LogP contribution in [0, 0.1) is 0 Å². The molecule has 0 spiro atoms. The number of thioether (sulfide) groups is 1. The molecule has 0 saturated carbocycles. The van der Waals surface area contributed by atoms with Gasteiger partial charge in [-0.15, -0.1) is 0 Å². The molecule has 0 bridgehead atoms. The van der Waals surface area contributed by atoms with Crippen molar-refractivity contribution in [1.82, 2.24) is 4.57 Å². The molecular weight excluding hydrogens is 238 g/mol. The number of halogens is 1. The van der Waals surface area contributed by atoms with E-state index in [4.69, 9.17) is 11.6 Å². The summed E-state index contributed by atoms with van der Waals surface area (Å²) in [5.74, 6) is 2.22. The molecule has 1 aromatic heterocycles. The number of rotatable bonds is 4. The first-order valence-corrected chi connectivity index (χ1v) is 7.15. The van der Waals surface area contributed by atoms with Crippen LogP contribution in [0.1, 0.15) is 19.5 Å². The molecule has 0 aliphatic rings. The molecule has 1 aromatic carbocycles. The van der Waals surface area contributed by atoms with Crippen LogP contribution in [0.25, 0.3) is 10.9 Å². The van der Waals surface area contributed by atoms with Crippen molar-refractivity contribution in [3.63, 3.8) is 0 Å². The number of hydrogen-bond donors (Lipinski definition) is 0. The second-order valence-corrected chi connectivity index (χ2v) is 5.38. The molecule has 0 atom stereocenters. The van der Waals surface area contributed by atoms with Gasteiger partial charge in [-0.3, -0.25) is 0 Å². The highest BCUT2D eigenvalue weighted by atomic mass is 35.5. The number of hydrogen-bond acceptors (Lipinski definition) is 1. The van der Waals surface area contributed by atoms with E-state index in [0.29, 0.717) is 0 Å². The summed E-state index contributed by atoms with van der Waals surface area (Å²) < 4.78 is 2.32. The number of fused-ring (bicyclic) bond motifs is 1. The van der Waals surface area contributed by atoms with Crippen LogP contribution in [0.5, 0.6) is 0 Å². The van der Waals surface area contributed by atoms with Crippen molar-refractivity contribution in [3.05, 3.63) is 35.0 Å². The standard InChI is InChI=1S/C13H16ClNS/c1-3-15-11(9-16-4-2)8-10-6-5-7-12(14)13(10)15/h5-8H,3-4,9H2,1-2H3. The molecule has 1 heterocycles. The second-order valence-electron chi connectivity index (χ2n) is 3.69. The largest absolute Gasteiger partial charge is 0.343 e. The molecule has 16 heavy (non-hydrogen) atoms. The first-order chi connectivity index (χ1) is 7.77. The van der Waals surface area contributed by atoms with Crippen LogP contribution in [0.3, 0.4) is 0 Å². The Labute approximate surface area is 106 Å². The predicted molar refractivity (Wildman–Crippen MR) is 74.5 cm³/mol. The Morgan fingerprint density at radius 2 is 2.12 bits per heavy atom. The van der Waals surface area contributed by atoms with Gasteiger partial charge in [0.2, 0.25) is 0 Å². The topological polar surface area (TPSA) is 4.93 Å².